The van der Waals surface area contributed by atoms with E-state index in [0.29, 0.717) is 5.56 Å². The molecule has 19 heavy (non-hydrogen) atoms. The Kier molecular flexibility index (Phi) is 7.19. The van der Waals surface area contributed by atoms with Gasteiger partial charge in [0.15, 0.2) is 0 Å². The zero-order valence-electron chi connectivity index (χ0n) is 12.1. The van der Waals surface area contributed by atoms with E-state index in [9.17, 15) is 4.79 Å². The lowest BCUT2D eigenvalue weighted by atomic mass is 10.0. The molecule has 0 bridgehead atoms. The fourth-order valence-corrected chi connectivity index (χ4v) is 2.18. The van der Waals surface area contributed by atoms with E-state index in [1.54, 1.807) is 12.1 Å². The van der Waals surface area contributed by atoms with Gasteiger partial charge in [-0.15, -0.1) is 0 Å². The largest absolute Gasteiger partial charge is 0.478 e. The molecule has 0 aromatic heterocycles. The number of nitrogens with zero attached hydrogens (tertiary/aromatic N) is 1. The van der Waals surface area contributed by atoms with Crippen molar-refractivity contribution in [1.82, 2.24) is 4.90 Å². The summed E-state index contributed by atoms with van der Waals surface area (Å²) in [5.74, 6) is -0.832. The molecule has 1 aromatic rings. The molecule has 0 saturated carbocycles. The molecule has 1 rings (SSSR count). The zero-order chi connectivity index (χ0) is 14.1. The highest BCUT2D eigenvalue weighted by atomic mass is 16.4. The third-order valence-corrected chi connectivity index (χ3v) is 3.40. The van der Waals surface area contributed by atoms with Crippen molar-refractivity contribution < 1.29 is 9.90 Å². The Morgan fingerprint density at radius 1 is 1.16 bits per heavy atom. The number of hydrogen-bond acceptors (Lipinski definition) is 2. The maximum atomic E-state index is 11.1. The minimum Gasteiger partial charge on any atom is -0.478 e. The van der Waals surface area contributed by atoms with E-state index in [1.807, 2.05) is 12.1 Å². The third kappa shape index (κ3) is 5.88. The Morgan fingerprint density at radius 2 is 1.89 bits per heavy atom. The van der Waals surface area contributed by atoms with Crippen LogP contribution in [-0.4, -0.2) is 36.1 Å². The van der Waals surface area contributed by atoms with E-state index in [0.717, 1.165) is 25.1 Å². The molecule has 0 amide bonds. The van der Waals surface area contributed by atoms with Gasteiger partial charge in [0.1, 0.15) is 0 Å². The number of unbranched alkanes of at least 4 members (excludes halogenated alkanes) is 3. The number of rotatable bonds is 9. The van der Waals surface area contributed by atoms with Crippen LogP contribution < -0.4 is 0 Å². The summed E-state index contributed by atoms with van der Waals surface area (Å²) in [6, 6.07) is 7.28. The molecule has 106 valence electrons. The highest BCUT2D eigenvalue weighted by molar-refractivity contribution is 5.89. The minimum atomic E-state index is -0.832. The van der Waals surface area contributed by atoms with Crippen LogP contribution in [0.5, 0.6) is 0 Å². The average Bonchev–Trinajstić information content (AvgIpc) is 2.41. The lowest BCUT2D eigenvalue weighted by Gasteiger charge is -2.17. The maximum Gasteiger partial charge on any atom is 0.335 e. The molecule has 3 nitrogen and oxygen atoms in total. The molecule has 0 aliphatic rings. The summed E-state index contributed by atoms with van der Waals surface area (Å²) in [5, 5.41) is 9.12. The summed E-state index contributed by atoms with van der Waals surface area (Å²) >= 11 is 0. The first-order valence-corrected chi connectivity index (χ1v) is 7.15. The average molecular weight is 263 g/mol. The predicted molar refractivity (Wildman–Crippen MR) is 78.7 cm³/mol. The Hall–Kier alpha value is -1.35. The Morgan fingerprint density at radius 3 is 2.58 bits per heavy atom. The van der Waals surface area contributed by atoms with Gasteiger partial charge in [0, 0.05) is 6.54 Å². The van der Waals surface area contributed by atoms with E-state index in [2.05, 4.69) is 18.9 Å². The van der Waals surface area contributed by atoms with Gasteiger partial charge in [-0.05, 0) is 38.1 Å². The van der Waals surface area contributed by atoms with Crippen LogP contribution in [0.25, 0.3) is 0 Å². The molecule has 1 N–H and O–H groups in total. The molecule has 1 aromatic carbocycles. The topological polar surface area (TPSA) is 40.5 Å². The quantitative estimate of drug-likeness (QED) is 0.694. The summed E-state index contributed by atoms with van der Waals surface area (Å²) in [5.41, 5.74) is 1.36. The van der Waals surface area contributed by atoms with E-state index >= 15 is 0 Å². The molecule has 0 fully saturated rings. The summed E-state index contributed by atoms with van der Waals surface area (Å²) in [6.45, 7) is 4.22. The lowest BCUT2D eigenvalue weighted by Crippen LogP contribution is -2.23. The Labute approximate surface area is 116 Å². The van der Waals surface area contributed by atoms with Crippen LogP contribution in [0.1, 0.15) is 48.5 Å². The second kappa shape index (κ2) is 8.70. The molecule has 0 heterocycles. The van der Waals surface area contributed by atoms with Crippen LogP contribution in [0.2, 0.25) is 0 Å². The molecular formula is C16H25NO2. The Bertz CT molecular complexity index is 390. The number of carbonyl (C=O) groups is 1. The monoisotopic (exact) mass is 263 g/mol. The van der Waals surface area contributed by atoms with Crippen molar-refractivity contribution in [3.05, 3.63) is 35.4 Å². The first kappa shape index (κ1) is 15.7. The molecule has 0 aliphatic heterocycles. The van der Waals surface area contributed by atoms with Crippen LogP contribution >= 0.6 is 0 Å². The van der Waals surface area contributed by atoms with Crippen molar-refractivity contribution in [3.63, 3.8) is 0 Å². The van der Waals surface area contributed by atoms with Crippen molar-refractivity contribution >= 4 is 5.97 Å². The molecular weight excluding hydrogens is 238 g/mol. The second-order valence-electron chi connectivity index (χ2n) is 5.08. The molecule has 0 atom stereocenters. The van der Waals surface area contributed by atoms with Gasteiger partial charge in [-0.25, -0.2) is 4.79 Å². The summed E-state index contributed by atoms with van der Waals surface area (Å²) in [4.78, 5) is 13.4. The second-order valence-corrected chi connectivity index (χ2v) is 5.08. The van der Waals surface area contributed by atoms with Crippen LogP contribution in [0.4, 0.5) is 0 Å². The summed E-state index contributed by atoms with van der Waals surface area (Å²) in [6.07, 6.45) is 5.87. The number of hydrogen-bond donors (Lipinski definition) is 1. The highest BCUT2D eigenvalue weighted by Crippen LogP contribution is 2.10. The number of benzene rings is 1. The van der Waals surface area contributed by atoms with Gasteiger partial charge in [-0.2, -0.15) is 0 Å². The van der Waals surface area contributed by atoms with E-state index in [-0.39, 0.29) is 0 Å². The molecule has 0 unspecified atom stereocenters. The fourth-order valence-electron chi connectivity index (χ4n) is 2.18. The first-order valence-electron chi connectivity index (χ1n) is 7.15. The van der Waals surface area contributed by atoms with Gasteiger partial charge in [-0.1, -0.05) is 44.4 Å². The minimum absolute atomic E-state index is 0.432. The van der Waals surface area contributed by atoms with Gasteiger partial charge in [-0.3, -0.25) is 0 Å². The van der Waals surface area contributed by atoms with Crippen LogP contribution in [-0.2, 0) is 6.42 Å². The fraction of sp³-hybridized carbons (Fsp3) is 0.562. The van der Waals surface area contributed by atoms with Gasteiger partial charge in [0.2, 0.25) is 0 Å². The van der Waals surface area contributed by atoms with Crippen LogP contribution in [0.15, 0.2) is 24.3 Å². The highest BCUT2D eigenvalue weighted by Gasteiger charge is 2.09. The van der Waals surface area contributed by atoms with Crippen LogP contribution in [0.3, 0.4) is 0 Å². The predicted octanol–water partition coefficient (Wildman–Crippen LogP) is 3.44. The third-order valence-electron chi connectivity index (χ3n) is 3.40. The van der Waals surface area contributed by atoms with Crippen molar-refractivity contribution in [3.8, 4) is 0 Å². The molecule has 3 heteroatoms. The van der Waals surface area contributed by atoms with Crippen molar-refractivity contribution in [2.24, 2.45) is 0 Å². The lowest BCUT2D eigenvalue weighted by molar-refractivity contribution is 0.0695. The van der Waals surface area contributed by atoms with E-state index < -0.39 is 5.97 Å². The number of likely N-dealkylation sites (N-methyl/N-ethyl adjacent to an activating group) is 1. The number of carboxylic acid groups (broad SMARTS) is 1. The number of carboxylic acids is 1. The van der Waals surface area contributed by atoms with E-state index in [4.69, 9.17) is 5.11 Å². The molecule has 0 aliphatic carbocycles. The zero-order valence-corrected chi connectivity index (χ0v) is 12.1. The Balaban J connectivity index is 2.37. The molecule has 0 saturated heterocycles. The summed E-state index contributed by atoms with van der Waals surface area (Å²) < 4.78 is 0. The molecule has 0 spiro atoms. The standard InChI is InChI=1S/C16H25NO2/c1-3-4-5-8-12-17(2)13-11-14-9-6-7-10-15(14)16(18)19/h6-7,9-10H,3-5,8,11-13H2,1-2H3,(H,18,19). The SMILES string of the molecule is CCCCCCN(C)CCc1ccccc1C(=O)O. The van der Waals surface area contributed by atoms with Gasteiger partial charge < -0.3 is 10.0 Å². The smallest absolute Gasteiger partial charge is 0.335 e. The van der Waals surface area contributed by atoms with E-state index in [1.165, 1.54) is 25.7 Å². The molecule has 0 radical (unpaired) electrons. The first-order chi connectivity index (χ1) is 9.15. The normalized spacial score (nSPS) is 10.9. The van der Waals surface area contributed by atoms with Crippen molar-refractivity contribution in [1.29, 1.82) is 0 Å². The van der Waals surface area contributed by atoms with Gasteiger partial charge >= 0.3 is 5.97 Å². The maximum absolute atomic E-state index is 11.1. The van der Waals surface area contributed by atoms with Gasteiger partial charge in [0.25, 0.3) is 0 Å². The van der Waals surface area contributed by atoms with Crippen molar-refractivity contribution in [2.45, 2.75) is 39.0 Å². The van der Waals surface area contributed by atoms with Crippen LogP contribution in [0, 0.1) is 0 Å². The van der Waals surface area contributed by atoms with Crippen molar-refractivity contribution in [2.75, 3.05) is 20.1 Å². The van der Waals surface area contributed by atoms with Gasteiger partial charge in [0.05, 0.1) is 5.56 Å². The summed E-state index contributed by atoms with van der Waals surface area (Å²) in [7, 11) is 2.11. The number of aromatic carboxylic acids is 1.